The van der Waals surface area contributed by atoms with Gasteiger partial charge in [-0.1, -0.05) is 20.8 Å². The van der Waals surface area contributed by atoms with Crippen LogP contribution in [0.1, 0.15) is 68.6 Å². The fraction of sp³-hybridized carbons (Fsp3) is 0.531. The number of ether oxygens (including phenoxy) is 3. The molecule has 0 radical (unpaired) electrons. The van der Waals surface area contributed by atoms with Crippen LogP contribution in [0.3, 0.4) is 0 Å². The molecule has 43 heavy (non-hydrogen) atoms. The van der Waals surface area contributed by atoms with Crippen molar-refractivity contribution in [2.75, 3.05) is 64.5 Å². The molecule has 0 aromatic heterocycles. The Morgan fingerprint density at radius 3 is 2.26 bits per heavy atom. The lowest BCUT2D eigenvalue weighted by molar-refractivity contribution is 0.0962. The second kappa shape index (κ2) is 13.1. The number of methoxy groups -OCH3 is 1. The standard InChI is InChI=1S/C32H44FN5O5/c1-8-35-31(40)37-13-11-36(12-14-37)23-16-20(15-22(28(23)41-7)32(4,5)6)24(39)19-38-18-21-17-25(42-9-2)29(43-10-3)27(33)26(21)30(38)34/h15-17,34H,8-14,18-19H2,1-7H3,(H,35,40). The topological polar surface area (TPSA) is 107 Å². The molecule has 0 spiro atoms. The number of ketones is 1. The first kappa shape index (κ1) is 31.9. The number of carbonyl (C=O) groups is 2. The van der Waals surface area contributed by atoms with Crippen LogP contribution >= 0.6 is 0 Å². The predicted molar refractivity (Wildman–Crippen MR) is 165 cm³/mol. The molecule has 1 fully saturated rings. The highest BCUT2D eigenvalue weighted by atomic mass is 19.1. The number of nitrogens with zero attached hydrogens (tertiary/aromatic N) is 3. The minimum Gasteiger partial charge on any atom is -0.494 e. The van der Waals surface area contributed by atoms with Crippen LogP contribution in [0.4, 0.5) is 14.9 Å². The largest absolute Gasteiger partial charge is 0.494 e. The minimum absolute atomic E-state index is 0.0112. The van der Waals surface area contributed by atoms with Gasteiger partial charge < -0.3 is 34.2 Å². The summed E-state index contributed by atoms with van der Waals surface area (Å²) >= 11 is 0. The summed E-state index contributed by atoms with van der Waals surface area (Å²) in [5.41, 5.74) is 2.55. The lowest BCUT2D eigenvalue weighted by Gasteiger charge is -2.37. The molecule has 0 bridgehead atoms. The summed E-state index contributed by atoms with van der Waals surface area (Å²) in [5, 5.41) is 11.6. The zero-order chi connectivity index (χ0) is 31.5. The Balaban J connectivity index is 1.63. The van der Waals surface area contributed by atoms with Gasteiger partial charge in [-0.3, -0.25) is 10.2 Å². The quantitative estimate of drug-likeness (QED) is 0.379. The Morgan fingerprint density at radius 2 is 1.67 bits per heavy atom. The van der Waals surface area contributed by atoms with E-state index in [1.165, 1.54) is 0 Å². The molecule has 0 saturated carbocycles. The molecular formula is C32H44FN5O5. The number of hydrogen-bond acceptors (Lipinski definition) is 7. The third-order valence-corrected chi connectivity index (χ3v) is 7.75. The van der Waals surface area contributed by atoms with Crippen LogP contribution in [0.25, 0.3) is 0 Å². The fourth-order valence-electron chi connectivity index (χ4n) is 5.62. The second-order valence-corrected chi connectivity index (χ2v) is 11.7. The van der Waals surface area contributed by atoms with E-state index in [0.717, 1.165) is 11.3 Å². The third kappa shape index (κ3) is 6.50. The molecule has 10 nitrogen and oxygen atoms in total. The van der Waals surface area contributed by atoms with E-state index in [1.807, 2.05) is 26.0 Å². The molecule has 2 aromatic carbocycles. The summed E-state index contributed by atoms with van der Waals surface area (Å²) in [6.45, 7) is 15.2. The molecule has 2 heterocycles. The predicted octanol–water partition coefficient (Wildman–Crippen LogP) is 4.80. The Labute approximate surface area is 253 Å². The van der Waals surface area contributed by atoms with Gasteiger partial charge in [0.15, 0.2) is 23.1 Å². The van der Waals surface area contributed by atoms with Crippen molar-refractivity contribution in [2.45, 2.75) is 53.5 Å². The summed E-state index contributed by atoms with van der Waals surface area (Å²) in [5.74, 6) is 0.0907. The number of anilines is 1. The number of fused-ring (bicyclic) bond motifs is 1. The summed E-state index contributed by atoms with van der Waals surface area (Å²) in [6.07, 6.45) is 0. The first-order valence-electron chi connectivity index (χ1n) is 14.9. The number of benzene rings is 2. The highest BCUT2D eigenvalue weighted by Crippen LogP contribution is 2.42. The van der Waals surface area contributed by atoms with Crippen molar-refractivity contribution in [1.82, 2.24) is 15.1 Å². The molecule has 11 heteroatoms. The van der Waals surface area contributed by atoms with Crippen molar-refractivity contribution in [2.24, 2.45) is 0 Å². The van der Waals surface area contributed by atoms with E-state index >= 15 is 4.39 Å². The first-order chi connectivity index (χ1) is 20.4. The number of piperazine rings is 1. The maximum atomic E-state index is 15.6. The van der Waals surface area contributed by atoms with E-state index in [0.29, 0.717) is 62.0 Å². The monoisotopic (exact) mass is 597 g/mol. The molecule has 234 valence electrons. The maximum Gasteiger partial charge on any atom is 0.317 e. The SMILES string of the molecule is CCNC(=O)N1CCN(c2cc(C(=O)CN3Cc4cc(OCC)c(OCC)c(F)c4C3=N)cc(C(C)(C)C)c2OC)CC1. The van der Waals surface area contributed by atoms with Crippen LogP contribution in [0, 0.1) is 11.2 Å². The minimum atomic E-state index is -0.642. The van der Waals surface area contributed by atoms with Gasteiger partial charge in [0.2, 0.25) is 0 Å². The number of nitrogens with one attached hydrogen (secondary N) is 2. The number of rotatable bonds is 10. The zero-order valence-corrected chi connectivity index (χ0v) is 26.4. The molecule has 2 amide bonds. The van der Waals surface area contributed by atoms with E-state index in [4.69, 9.17) is 19.6 Å². The summed E-state index contributed by atoms with van der Waals surface area (Å²) in [6, 6.07) is 5.32. The molecule has 4 rings (SSSR count). The molecule has 2 aliphatic rings. The van der Waals surface area contributed by atoms with Crippen molar-refractivity contribution >= 4 is 23.3 Å². The van der Waals surface area contributed by atoms with Gasteiger partial charge >= 0.3 is 6.03 Å². The average molecular weight is 598 g/mol. The van der Waals surface area contributed by atoms with Crippen molar-refractivity contribution in [1.29, 1.82) is 5.41 Å². The first-order valence-corrected chi connectivity index (χ1v) is 14.9. The number of urea groups is 1. The summed E-state index contributed by atoms with van der Waals surface area (Å²) < 4.78 is 32.6. The molecule has 0 atom stereocenters. The van der Waals surface area contributed by atoms with Crippen LogP contribution in [0.5, 0.6) is 17.2 Å². The van der Waals surface area contributed by atoms with Crippen molar-refractivity contribution in [3.05, 3.63) is 46.3 Å². The van der Waals surface area contributed by atoms with Crippen molar-refractivity contribution in [3.8, 4) is 17.2 Å². The third-order valence-electron chi connectivity index (χ3n) is 7.75. The van der Waals surface area contributed by atoms with Crippen LogP contribution in [-0.2, 0) is 12.0 Å². The highest BCUT2D eigenvalue weighted by molar-refractivity contribution is 6.06. The highest BCUT2D eigenvalue weighted by Gasteiger charge is 2.34. The Morgan fingerprint density at radius 1 is 1.00 bits per heavy atom. The molecule has 2 aromatic rings. The molecule has 1 saturated heterocycles. The Bertz CT molecular complexity index is 1380. The number of halogens is 1. The summed E-state index contributed by atoms with van der Waals surface area (Å²) in [7, 11) is 1.63. The van der Waals surface area contributed by atoms with Gasteiger partial charge in [0.1, 0.15) is 11.6 Å². The lowest BCUT2D eigenvalue weighted by atomic mass is 9.84. The number of carbonyl (C=O) groups excluding carboxylic acids is 2. The van der Waals surface area contributed by atoms with Gasteiger partial charge in [0.25, 0.3) is 0 Å². The number of amides is 2. The molecule has 2 aliphatic heterocycles. The smallest absolute Gasteiger partial charge is 0.317 e. The van der Waals surface area contributed by atoms with Gasteiger partial charge in [-0.05, 0) is 49.9 Å². The summed E-state index contributed by atoms with van der Waals surface area (Å²) in [4.78, 5) is 31.7. The Kier molecular flexibility index (Phi) is 9.72. The van der Waals surface area contributed by atoms with Crippen molar-refractivity contribution < 1.29 is 28.2 Å². The Hall–Kier alpha value is -4.02. The molecule has 2 N–H and O–H groups in total. The van der Waals surface area contributed by atoms with E-state index in [1.54, 1.807) is 29.9 Å². The van der Waals surface area contributed by atoms with Gasteiger partial charge in [0.05, 0.1) is 38.1 Å². The van der Waals surface area contributed by atoms with Crippen LogP contribution in [0.2, 0.25) is 0 Å². The molecule has 0 unspecified atom stereocenters. The zero-order valence-electron chi connectivity index (χ0n) is 26.4. The molecular weight excluding hydrogens is 553 g/mol. The van der Waals surface area contributed by atoms with Gasteiger partial charge in [0, 0.05) is 50.4 Å². The van der Waals surface area contributed by atoms with Gasteiger partial charge in [-0.15, -0.1) is 0 Å². The van der Waals surface area contributed by atoms with E-state index < -0.39 is 5.82 Å². The van der Waals surface area contributed by atoms with E-state index in [2.05, 4.69) is 31.0 Å². The van der Waals surface area contributed by atoms with Crippen LogP contribution in [-0.4, -0.2) is 87.0 Å². The number of amidine groups is 1. The van der Waals surface area contributed by atoms with Gasteiger partial charge in [-0.25, -0.2) is 9.18 Å². The lowest BCUT2D eigenvalue weighted by Crippen LogP contribution is -2.52. The number of Topliss-reactive ketones (excluding diaryl/α,β-unsaturated/α-hetero) is 1. The maximum absolute atomic E-state index is 15.6. The van der Waals surface area contributed by atoms with E-state index in [-0.39, 0.29) is 54.1 Å². The fourth-order valence-corrected chi connectivity index (χ4v) is 5.62. The van der Waals surface area contributed by atoms with Crippen LogP contribution in [0.15, 0.2) is 18.2 Å². The normalized spacial score (nSPS) is 15.0. The number of hydrogen-bond donors (Lipinski definition) is 2. The average Bonchev–Trinajstić information content (AvgIpc) is 3.28. The van der Waals surface area contributed by atoms with Gasteiger partial charge in [-0.2, -0.15) is 0 Å². The van der Waals surface area contributed by atoms with Crippen molar-refractivity contribution in [3.63, 3.8) is 0 Å². The van der Waals surface area contributed by atoms with E-state index in [9.17, 15) is 9.59 Å². The van der Waals surface area contributed by atoms with Crippen LogP contribution < -0.4 is 24.4 Å². The second-order valence-electron chi connectivity index (χ2n) is 11.7. The molecule has 0 aliphatic carbocycles.